The summed E-state index contributed by atoms with van der Waals surface area (Å²) in [6.45, 7) is 8.83. The summed E-state index contributed by atoms with van der Waals surface area (Å²) in [7, 11) is 0. The average Bonchev–Trinajstić information content (AvgIpc) is 3.66. The maximum Gasteiger partial charge on any atom is 0.418 e. The van der Waals surface area contributed by atoms with Gasteiger partial charge in [0, 0.05) is 43.6 Å². The zero-order valence-corrected chi connectivity index (χ0v) is 24.8. The number of likely N-dealkylation sites (tertiary alicyclic amines) is 1. The van der Waals surface area contributed by atoms with E-state index in [-0.39, 0.29) is 30.5 Å². The summed E-state index contributed by atoms with van der Waals surface area (Å²) in [6.07, 6.45) is 2.01. The van der Waals surface area contributed by atoms with Crippen LogP contribution in [0.15, 0.2) is 48.5 Å². The second-order valence-corrected chi connectivity index (χ2v) is 13.2. The highest BCUT2D eigenvalue weighted by molar-refractivity contribution is 6.06. The fourth-order valence-electron chi connectivity index (χ4n) is 6.39. The van der Waals surface area contributed by atoms with Crippen LogP contribution in [-0.2, 0) is 37.6 Å². The number of carbonyl (C=O) groups excluding carboxylic acids is 4. The maximum atomic E-state index is 13.8. The topological polar surface area (TPSA) is 96.5 Å². The minimum atomic E-state index is -1.39. The predicted octanol–water partition coefficient (Wildman–Crippen LogP) is 4.97. The molecule has 2 aliphatic heterocycles. The van der Waals surface area contributed by atoms with Crippen LogP contribution in [0.5, 0.6) is 0 Å². The maximum absolute atomic E-state index is 13.8. The van der Waals surface area contributed by atoms with Gasteiger partial charge in [-0.15, -0.1) is 0 Å². The van der Waals surface area contributed by atoms with Crippen molar-refractivity contribution >= 4 is 24.0 Å². The second-order valence-electron chi connectivity index (χ2n) is 13.2. The van der Waals surface area contributed by atoms with Gasteiger partial charge in [0.15, 0.2) is 0 Å². The van der Waals surface area contributed by atoms with E-state index in [1.54, 1.807) is 9.80 Å². The number of imide groups is 1. The molecule has 2 heterocycles. The van der Waals surface area contributed by atoms with Crippen LogP contribution in [-0.4, -0.2) is 70.0 Å². The lowest BCUT2D eigenvalue weighted by Gasteiger charge is -2.40. The van der Waals surface area contributed by atoms with Crippen molar-refractivity contribution in [2.75, 3.05) is 19.6 Å². The van der Waals surface area contributed by atoms with Crippen molar-refractivity contribution in [3.05, 3.63) is 70.8 Å². The molecule has 42 heavy (non-hydrogen) atoms. The molecule has 0 N–H and O–H groups in total. The predicted molar refractivity (Wildman–Crippen MR) is 154 cm³/mol. The van der Waals surface area contributed by atoms with E-state index in [2.05, 4.69) is 6.07 Å². The molecule has 2 atom stereocenters. The quantitative estimate of drug-likeness (QED) is 0.464. The first-order chi connectivity index (χ1) is 19.9. The molecule has 9 heteroatoms. The van der Waals surface area contributed by atoms with Crippen LogP contribution >= 0.6 is 0 Å². The molecule has 0 radical (unpaired) electrons. The molecule has 2 aliphatic carbocycles. The molecule has 222 valence electrons. The molecular formula is C33H39N3O6. The van der Waals surface area contributed by atoms with Crippen molar-refractivity contribution in [3.63, 3.8) is 0 Å². The Kier molecular flexibility index (Phi) is 7.02. The standard InChI is InChI=1S/C33H39N3O6/c1-21(23-10-11-23)35(17-22-8-6-5-7-9-22)28(37)20-36-29(38)33(42-31(36)40)15-14-25-16-24(12-13-27(25)33)26-18-34(19-26)30(39)41-32(2,3)4/h5-9,12-13,16,21,23,26H,10-11,14-15,17-20H2,1-4H3/t21?,33-/m1/s1. The molecule has 4 aliphatic rings. The van der Waals surface area contributed by atoms with E-state index in [9.17, 15) is 19.2 Å². The molecule has 2 aromatic rings. The van der Waals surface area contributed by atoms with Gasteiger partial charge in [0.25, 0.3) is 5.91 Å². The summed E-state index contributed by atoms with van der Waals surface area (Å²) in [4.78, 5) is 57.3. The summed E-state index contributed by atoms with van der Waals surface area (Å²) in [5.74, 6) is -0.105. The Morgan fingerprint density at radius 2 is 1.81 bits per heavy atom. The molecule has 2 aromatic carbocycles. The average molecular weight is 574 g/mol. The third-order valence-electron chi connectivity index (χ3n) is 8.99. The Bertz CT molecular complexity index is 1410. The molecule has 4 amide bonds. The minimum absolute atomic E-state index is 0.0174. The number of fused-ring (bicyclic) bond motifs is 2. The summed E-state index contributed by atoms with van der Waals surface area (Å²) in [5, 5.41) is 0. The van der Waals surface area contributed by atoms with E-state index in [1.165, 1.54) is 0 Å². The van der Waals surface area contributed by atoms with Gasteiger partial charge in [-0.2, -0.15) is 0 Å². The van der Waals surface area contributed by atoms with Gasteiger partial charge in [0.1, 0.15) is 12.1 Å². The first-order valence-electron chi connectivity index (χ1n) is 14.9. The Balaban J connectivity index is 1.14. The highest BCUT2D eigenvalue weighted by Gasteiger charge is 2.58. The summed E-state index contributed by atoms with van der Waals surface area (Å²) < 4.78 is 11.3. The minimum Gasteiger partial charge on any atom is -0.444 e. The fourth-order valence-corrected chi connectivity index (χ4v) is 6.39. The molecule has 1 unspecified atom stereocenters. The first-order valence-corrected chi connectivity index (χ1v) is 14.9. The largest absolute Gasteiger partial charge is 0.444 e. The summed E-state index contributed by atoms with van der Waals surface area (Å²) in [6, 6.07) is 15.7. The van der Waals surface area contributed by atoms with E-state index in [4.69, 9.17) is 9.47 Å². The monoisotopic (exact) mass is 573 g/mol. The van der Waals surface area contributed by atoms with Gasteiger partial charge < -0.3 is 19.3 Å². The van der Waals surface area contributed by atoms with Crippen molar-refractivity contribution in [2.45, 2.75) is 83.1 Å². The Labute approximate surface area is 246 Å². The molecule has 1 spiro atoms. The molecular weight excluding hydrogens is 534 g/mol. The van der Waals surface area contributed by atoms with E-state index in [0.29, 0.717) is 44.0 Å². The number of rotatable bonds is 7. The number of aryl methyl sites for hydroxylation is 1. The van der Waals surface area contributed by atoms with Crippen LogP contribution in [0.2, 0.25) is 0 Å². The van der Waals surface area contributed by atoms with Crippen molar-refractivity contribution in [3.8, 4) is 0 Å². The van der Waals surface area contributed by atoms with Crippen LogP contribution in [0.25, 0.3) is 0 Å². The number of carbonyl (C=O) groups is 4. The van der Waals surface area contributed by atoms with Gasteiger partial charge >= 0.3 is 12.2 Å². The SMILES string of the molecule is CC(C1CC1)N(Cc1ccccc1)C(=O)CN1C(=O)O[C@@]2(CCc3cc(C4CN(C(=O)OC(C)(C)C)C4)ccc32)C1=O. The van der Waals surface area contributed by atoms with Crippen molar-refractivity contribution in [1.82, 2.24) is 14.7 Å². The van der Waals surface area contributed by atoms with Crippen LogP contribution in [0.4, 0.5) is 9.59 Å². The summed E-state index contributed by atoms with van der Waals surface area (Å²) >= 11 is 0. The van der Waals surface area contributed by atoms with E-state index >= 15 is 0 Å². The number of hydrogen-bond acceptors (Lipinski definition) is 6. The van der Waals surface area contributed by atoms with E-state index in [1.807, 2.05) is 70.2 Å². The summed E-state index contributed by atoms with van der Waals surface area (Å²) in [5.41, 5.74) is 1.82. The van der Waals surface area contributed by atoms with Gasteiger partial charge in [0.05, 0.1) is 0 Å². The third kappa shape index (κ3) is 5.25. The molecule has 6 rings (SSSR count). The van der Waals surface area contributed by atoms with Crippen molar-refractivity contribution in [1.29, 1.82) is 0 Å². The van der Waals surface area contributed by atoms with Gasteiger partial charge in [-0.1, -0.05) is 48.5 Å². The van der Waals surface area contributed by atoms with Crippen LogP contribution in [0.3, 0.4) is 0 Å². The molecule has 2 saturated heterocycles. The molecule has 0 bridgehead atoms. The highest BCUT2D eigenvalue weighted by atomic mass is 16.6. The lowest BCUT2D eigenvalue weighted by atomic mass is 9.88. The van der Waals surface area contributed by atoms with Gasteiger partial charge in [-0.3, -0.25) is 9.59 Å². The van der Waals surface area contributed by atoms with Crippen LogP contribution in [0, 0.1) is 5.92 Å². The van der Waals surface area contributed by atoms with Gasteiger partial charge in [-0.05, 0) is 69.6 Å². The number of benzene rings is 2. The second kappa shape index (κ2) is 10.4. The van der Waals surface area contributed by atoms with Gasteiger partial charge in [-0.25, -0.2) is 14.5 Å². The first kappa shape index (κ1) is 28.2. The van der Waals surface area contributed by atoms with Crippen molar-refractivity contribution < 1.29 is 28.7 Å². The number of ether oxygens (including phenoxy) is 2. The lowest BCUT2D eigenvalue weighted by molar-refractivity contribution is -0.143. The number of hydrogen-bond donors (Lipinski definition) is 0. The normalized spacial score (nSPS) is 22.6. The van der Waals surface area contributed by atoms with Crippen molar-refractivity contribution in [2.24, 2.45) is 5.92 Å². The smallest absolute Gasteiger partial charge is 0.418 e. The van der Waals surface area contributed by atoms with E-state index in [0.717, 1.165) is 34.4 Å². The zero-order chi connectivity index (χ0) is 29.8. The Morgan fingerprint density at radius 1 is 1.10 bits per heavy atom. The fraction of sp³-hybridized carbons (Fsp3) is 0.515. The highest BCUT2D eigenvalue weighted by Crippen LogP contribution is 2.46. The molecule has 0 aromatic heterocycles. The third-order valence-corrected chi connectivity index (χ3v) is 8.99. The lowest BCUT2D eigenvalue weighted by Crippen LogP contribution is -2.50. The van der Waals surface area contributed by atoms with E-state index < -0.39 is 23.2 Å². The number of nitrogens with zero attached hydrogens (tertiary/aromatic N) is 3. The molecule has 3 fully saturated rings. The number of amides is 4. The van der Waals surface area contributed by atoms with Gasteiger partial charge in [0.2, 0.25) is 11.5 Å². The molecule has 1 saturated carbocycles. The van der Waals surface area contributed by atoms with Crippen LogP contribution in [0.1, 0.15) is 75.1 Å². The Hall–Kier alpha value is -3.88. The van der Waals surface area contributed by atoms with Crippen LogP contribution < -0.4 is 0 Å². The Morgan fingerprint density at radius 3 is 2.48 bits per heavy atom. The molecule has 9 nitrogen and oxygen atoms in total. The zero-order valence-electron chi connectivity index (χ0n) is 24.8.